The van der Waals surface area contributed by atoms with Crippen LogP contribution < -0.4 is 32.4 Å². The SMILES string of the molecule is CC(=O)[NH][Ti+2]([NH]C(C)=O)[C]1=C(C)C(C)=C(C)C1C.[Cl-].[Cl-]. The first-order valence-corrected chi connectivity index (χ1v) is 8.41. The van der Waals surface area contributed by atoms with Gasteiger partial charge >= 0.3 is 115 Å². The smallest absolute Gasteiger partial charge is 1.00 e. The predicted molar refractivity (Wildman–Crippen MR) is 67.9 cm³/mol. The molecule has 0 fully saturated rings. The third kappa shape index (κ3) is 4.92. The number of hydrogen-bond donors (Lipinski definition) is 2. The number of hydrogen-bond acceptors (Lipinski definition) is 2. The van der Waals surface area contributed by atoms with Crippen LogP contribution in [0.5, 0.6) is 0 Å². The van der Waals surface area contributed by atoms with Crippen LogP contribution in [0.2, 0.25) is 0 Å². The Morgan fingerprint density at radius 2 is 1.35 bits per heavy atom. The molecule has 1 atom stereocenters. The van der Waals surface area contributed by atoms with Crippen LogP contribution in [0.15, 0.2) is 20.6 Å². The maximum Gasteiger partial charge on any atom is -1.00 e. The molecule has 0 saturated heterocycles. The summed E-state index contributed by atoms with van der Waals surface area (Å²) in [6.45, 7) is 11.4. The van der Waals surface area contributed by atoms with Crippen molar-refractivity contribution in [2.45, 2.75) is 41.5 Å². The van der Waals surface area contributed by atoms with E-state index in [1.807, 2.05) is 0 Å². The van der Waals surface area contributed by atoms with Crippen molar-refractivity contribution in [3.05, 3.63) is 20.6 Å². The van der Waals surface area contributed by atoms with E-state index in [4.69, 9.17) is 0 Å². The van der Waals surface area contributed by atoms with Crippen LogP contribution >= 0.6 is 0 Å². The average molecular weight is 356 g/mol. The molecule has 0 heterocycles. The van der Waals surface area contributed by atoms with Gasteiger partial charge in [0.1, 0.15) is 0 Å². The van der Waals surface area contributed by atoms with Gasteiger partial charge in [-0.2, -0.15) is 0 Å². The minimum Gasteiger partial charge on any atom is -1.00 e. The molecule has 0 radical (unpaired) electrons. The summed E-state index contributed by atoms with van der Waals surface area (Å²) in [5.74, 6) is 0.167. The molecule has 113 valence electrons. The van der Waals surface area contributed by atoms with Crippen LogP contribution in [0.25, 0.3) is 0 Å². The number of carbonyl (C=O) groups excluding carboxylic acids is 2. The summed E-state index contributed by atoms with van der Waals surface area (Å²) in [4.78, 5) is 22.6. The summed E-state index contributed by atoms with van der Waals surface area (Å²) >= 11 is -2.26. The molecular formula is C13H21Cl2N2O2Ti. The van der Waals surface area contributed by atoms with Crippen molar-refractivity contribution in [2.24, 2.45) is 5.92 Å². The fraction of sp³-hybridized carbons (Fsp3) is 0.538. The minimum absolute atomic E-state index is 0. The van der Waals surface area contributed by atoms with Gasteiger partial charge < -0.3 is 24.8 Å². The second-order valence-electron chi connectivity index (χ2n) is 4.81. The fourth-order valence-electron chi connectivity index (χ4n) is 2.29. The number of allylic oxidation sites excluding steroid dienone is 4. The maximum absolute atomic E-state index is 11.3. The molecule has 0 bridgehead atoms. The van der Waals surface area contributed by atoms with Crippen molar-refractivity contribution in [3.63, 3.8) is 0 Å². The van der Waals surface area contributed by atoms with Gasteiger partial charge in [-0.3, -0.25) is 0 Å². The van der Waals surface area contributed by atoms with Gasteiger partial charge in [0.25, 0.3) is 0 Å². The Hall–Kier alpha value is -0.286. The van der Waals surface area contributed by atoms with Crippen molar-refractivity contribution in [1.82, 2.24) is 7.60 Å². The number of amides is 2. The maximum atomic E-state index is 11.3. The number of carbonyl (C=O) groups is 2. The molecule has 20 heavy (non-hydrogen) atoms. The molecule has 0 spiro atoms. The molecule has 0 aliphatic heterocycles. The van der Waals surface area contributed by atoms with E-state index in [9.17, 15) is 9.59 Å². The van der Waals surface area contributed by atoms with Crippen molar-refractivity contribution in [1.29, 1.82) is 0 Å². The summed E-state index contributed by atoms with van der Waals surface area (Å²) < 4.78 is 7.18. The molecule has 2 N–H and O–H groups in total. The van der Waals surface area contributed by atoms with Crippen LogP contribution in [0.4, 0.5) is 0 Å². The van der Waals surface area contributed by atoms with E-state index in [0.29, 0.717) is 5.92 Å². The first kappa shape index (κ1) is 22.0. The van der Waals surface area contributed by atoms with Crippen LogP contribution in [0.3, 0.4) is 0 Å². The molecule has 1 unspecified atom stereocenters. The molecule has 0 saturated carbocycles. The van der Waals surface area contributed by atoms with Crippen molar-refractivity contribution in [3.8, 4) is 0 Å². The molecule has 7 heteroatoms. The molecule has 4 nitrogen and oxygen atoms in total. The molecular weight excluding hydrogens is 335 g/mol. The van der Waals surface area contributed by atoms with Crippen molar-refractivity contribution in [2.75, 3.05) is 0 Å². The van der Waals surface area contributed by atoms with Gasteiger partial charge in [-0.05, 0) is 0 Å². The zero-order valence-corrected chi connectivity index (χ0v) is 15.7. The Morgan fingerprint density at radius 1 is 0.950 bits per heavy atom. The molecule has 0 aromatic heterocycles. The van der Waals surface area contributed by atoms with E-state index in [1.165, 1.54) is 34.4 Å². The summed E-state index contributed by atoms with van der Waals surface area (Å²) in [6.07, 6.45) is 0. The zero-order valence-electron chi connectivity index (χ0n) is 12.6. The summed E-state index contributed by atoms with van der Waals surface area (Å²) in [5.41, 5.74) is 3.86. The average Bonchev–Trinajstić information content (AvgIpc) is 2.41. The molecule has 1 aliphatic carbocycles. The quantitative estimate of drug-likeness (QED) is 0.507. The Bertz CT molecular complexity index is 445. The molecule has 2 amide bonds. The first-order valence-electron chi connectivity index (χ1n) is 6.06. The van der Waals surface area contributed by atoms with Crippen molar-refractivity contribution < 1.29 is 52.8 Å². The summed E-state index contributed by atoms with van der Waals surface area (Å²) in [6, 6.07) is 0. The molecule has 0 aromatic carbocycles. The van der Waals surface area contributed by atoms with Gasteiger partial charge in [0.05, 0.1) is 0 Å². The van der Waals surface area contributed by atoms with Gasteiger partial charge in [0.2, 0.25) is 0 Å². The largest absolute Gasteiger partial charge is 1.00 e. The second-order valence-corrected chi connectivity index (χ2v) is 7.60. The van der Waals surface area contributed by atoms with E-state index in [1.54, 1.807) is 0 Å². The van der Waals surface area contributed by atoms with Crippen LogP contribution in [-0.4, -0.2) is 11.8 Å². The number of rotatable bonds is 3. The van der Waals surface area contributed by atoms with E-state index in [0.717, 1.165) is 0 Å². The van der Waals surface area contributed by atoms with E-state index >= 15 is 0 Å². The molecule has 1 aliphatic rings. The normalized spacial score (nSPS) is 17.2. The predicted octanol–water partition coefficient (Wildman–Crippen LogP) is -4.03. The van der Waals surface area contributed by atoms with E-state index < -0.39 is 18.4 Å². The fourth-order valence-corrected chi connectivity index (χ4v) is 5.80. The topological polar surface area (TPSA) is 58.2 Å². The van der Waals surface area contributed by atoms with Crippen LogP contribution in [0, 0.1) is 5.92 Å². The van der Waals surface area contributed by atoms with Crippen LogP contribution in [-0.2, 0) is 28.0 Å². The minimum atomic E-state index is -2.26. The van der Waals surface area contributed by atoms with E-state index in [-0.39, 0.29) is 36.6 Å². The summed E-state index contributed by atoms with van der Waals surface area (Å²) in [5, 5.41) is 0. The van der Waals surface area contributed by atoms with Gasteiger partial charge in [-0.1, -0.05) is 0 Å². The number of nitrogens with one attached hydrogen (secondary N) is 2. The molecule has 1 rings (SSSR count). The Morgan fingerprint density at radius 3 is 1.60 bits per heavy atom. The zero-order chi connectivity index (χ0) is 14.0. The summed E-state index contributed by atoms with van der Waals surface area (Å²) in [7, 11) is 0. The van der Waals surface area contributed by atoms with Crippen molar-refractivity contribution >= 4 is 11.8 Å². The first-order chi connectivity index (χ1) is 8.25. The Kier molecular flexibility index (Phi) is 9.77. The van der Waals surface area contributed by atoms with E-state index in [2.05, 4.69) is 35.3 Å². The second kappa shape index (κ2) is 8.88. The van der Waals surface area contributed by atoms with Gasteiger partial charge in [0.15, 0.2) is 0 Å². The Balaban J connectivity index is 0. The Labute approximate surface area is 140 Å². The monoisotopic (exact) mass is 355 g/mol. The number of halogens is 2. The third-order valence-corrected chi connectivity index (χ3v) is 7.50. The molecule has 0 aromatic rings. The van der Waals surface area contributed by atoms with Crippen LogP contribution in [0.1, 0.15) is 41.5 Å². The standard InChI is InChI=1S/C9H13.2C2H5NO.2ClH.Ti/c1-6-5-7(2)9(4)8(6)3;2*1-2(3)4;;;/h6H,1-4H3;2*1H3,(H2,3,4);2*1H;/q;;;;;+4/p-4. The van der Waals surface area contributed by atoms with Gasteiger partial charge in [-0.15, -0.1) is 0 Å². The van der Waals surface area contributed by atoms with Gasteiger partial charge in [0, 0.05) is 0 Å². The third-order valence-electron chi connectivity index (χ3n) is 3.51. The van der Waals surface area contributed by atoms with Gasteiger partial charge in [-0.25, -0.2) is 0 Å².